The van der Waals surface area contributed by atoms with Gasteiger partial charge in [0.2, 0.25) is 0 Å². The third-order valence-electron chi connectivity index (χ3n) is 27.4. The minimum Gasteiger partial charge on any atom is -0.309 e. The SMILES string of the molecule is c1ccc(-c2nc(-c3ccccc3)nc(-c3cccc(-n4c5ccccc5c5c6c7ccccc7n(-c7ccccc7)c6ccc54)c3)n2)cc1.c1ccc(-c2nc3ccccc3nc2-c2cccc(-n3c4ccccc4c4cc5c6ccccc6n(-c6ccccc6)c5cc43)c2)cc1.c1ccc(-n2c3ccccc3c3cc4c5ccccc5n(-c5cccc(-c6ccnc7ncccc67)c5)c4cc32)cc1. The molecule has 0 amide bonds. The fourth-order valence-corrected chi connectivity index (χ4v) is 21.3. The molecular weight excluding hydrogens is 1710 g/mol. The van der Waals surface area contributed by atoms with Crippen molar-refractivity contribution in [3.8, 4) is 102 Å². The summed E-state index contributed by atoms with van der Waals surface area (Å²) in [7, 11) is 0. The van der Waals surface area contributed by atoms with Crippen molar-refractivity contribution >= 4 is 153 Å². The van der Waals surface area contributed by atoms with Gasteiger partial charge in [-0.2, -0.15) is 0 Å². The molecule has 0 atom stereocenters. The Kier molecular flexibility index (Phi) is 19.3. The van der Waals surface area contributed by atoms with Gasteiger partial charge in [-0.15, -0.1) is 0 Å². The Bertz CT molecular complexity index is 9890. The van der Waals surface area contributed by atoms with Crippen LogP contribution in [0.2, 0.25) is 0 Å². The number of hydrogen-bond acceptors (Lipinski definition) is 7. The van der Waals surface area contributed by atoms with E-state index in [1.807, 2.05) is 103 Å². The van der Waals surface area contributed by atoms with E-state index in [1.165, 1.54) is 114 Å². The predicted molar refractivity (Wildman–Crippen MR) is 578 cm³/mol. The highest BCUT2D eigenvalue weighted by molar-refractivity contribution is 6.29. The molecule has 0 aliphatic rings. The van der Waals surface area contributed by atoms with E-state index in [2.05, 4.69) is 420 Å². The number of fused-ring (bicyclic) bond motifs is 21. The first-order valence-electron chi connectivity index (χ1n) is 47.2. The molecular formula is C127H81N13. The highest BCUT2D eigenvalue weighted by Gasteiger charge is 2.27. The molecule has 0 aliphatic heterocycles. The maximum atomic E-state index is 5.20. The second-order valence-corrected chi connectivity index (χ2v) is 35.4. The molecule has 13 nitrogen and oxygen atoms in total. The molecule has 0 radical (unpaired) electrons. The number of pyridine rings is 2. The number of hydrogen-bond donors (Lipinski definition) is 0. The normalized spacial score (nSPS) is 11.7. The van der Waals surface area contributed by atoms with Gasteiger partial charge in [0.25, 0.3) is 0 Å². The molecule has 0 saturated carbocycles. The summed E-state index contributed by atoms with van der Waals surface area (Å²) in [6, 6.07) is 169. The Morgan fingerprint density at radius 1 is 0.150 bits per heavy atom. The fourth-order valence-electron chi connectivity index (χ4n) is 21.3. The van der Waals surface area contributed by atoms with Gasteiger partial charge in [-0.25, -0.2) is 34.9 Å². The van der Waals surface area contributed by atoms with Crippen LogP contribution in [0.25, 0.3) is 255 Å². The third-order valence-corrected chi connectivity index (χ3v) is 27.4. The first kappa shape index (κ1) is 80.5. The van der Waals surface area contributed by atoms with Crippen LogP contribution in [0.4, 0.5) is 0 Å². The molecule has 0 aliphatic carbocycles. The monoisotopic (exact) mass is 1790 g/mol. The largest absolute Gasteiger partial charge is 0.309 e. The van der Waals surface area contributed by atoms with E-state index >= 15 is 0 Å². The predicted octanol–water partition coefficient (Wildman–Crippen LogP) is 31.7. The summed E-state index contributed by atoms with van der Waals surface area (Å²) in [5.74, 6) is 1.93. The zero-order chi connectivity index (χ0) is 92.2. The van der Waals surface area contributed by atoms with Crippen LogP contribution >= 0.6 is 0 Å². The molecule has 10 aromatic heterocycles. The lowest BCUT2D eigenvalue weighted by molar-refractivity contribution is 1.07. The molecule has 0 N–H and O–H groups in total. The summed E-state index contributed by atoms with van der Waals surface area (Å²) in [6.45, 7) is 0. The van der Waals surface area contributed by atoms with E-state index in [4.69, 9.17) is 24.9 Å². The van der Waals surface area contributed by atoms with Crippen LogP contribution in [0.1, 0.15) is 0 Å². The zero-order valence-electron chi connectivity index (χ0n) is 75.6. The lowest BCUT2D eigenvalue weighted by Crippen LogP contribution is -2.01. The average Bonchev–Trinajstić information content (AvgIpc) is 1.54. The van der Waals surface area contributed by atoms with E-state index in [9.17, 15) is 0 Å². The van der Waals surface area contributed by atoms with Crippen LogP contribution in [-0.4, -0.2) is 62.3 Å². The Hall–Kier alpha value is -19.1. The Labute approximate surface area is 803 Å². The number of nitrogens with zero attached hydrogens (tertiary/aromatic N) is 13. The maximum Gasteiger partial charge on any atom is 0.164 e. The fraction of sp³-hybridized carbons (Fsp3) is 0. The topological polar surface area (TPSA) is 120 Å². The van der Waals surface area contributed by atoms with E-state index in [0.717, 1.165) is 123 Å². The Balaban J connectivity index is 0.000000106. The summed E-state index contributed by atoms with van der Waals surface area (Å²) < 4.78 is 14.3. The van der Waals surface area contributed by atoms with Gasteiger partial charge in [-0.3, -0.25) is 0 Å². The van der Waals surface area contributed by atoms with Crippen molar-refractivity contribution < 1.29 is 0 Å². The molecule has 0 unspecified atom stereocenters. The highest BCUT2D eigenvalue weighted by atomic mass is 15.1. The van der Waals surface area contributed by atoms with Gasteiger partial charge in [0.1, 0.15) is 0 Å². The second kappa shape index (κ2) is 33.5. The van der Waals surface area contributed by atoms with Crippen LogP contribution in [0.5, 0.6) is 0 Å². The van der Waals surface area contributed by atoms with Crippen molar-refractivity contribution in [3.63, 3.8) is 0 Å². The van der Waals surface area contributed by atoms with Gasteiger partial charge in [-0.1, -0.05) is 303 Å². The lowest BCUT2D eigenvalue weighted by Gasteiger charge is -2.13. The van der Waals surface area contributed by atoms with Crippen molar-refractivity contribution in [3.05, 3.63) is 492 Å². The number of aromatic nitrogens is 13. The quantitative estimate of drug-likeness (QED) is 0.119. The minimum atomic E-state index is 0.633. The van der Waals surface area contributed by atoms with Crippen LogP contribution in [0.3, 0.4) is 0 Å². The average molecular weight is 1790 g/mol. The molecule has 0 bridgehead atoms. The molecule has 0 fully saturated rings. The van der Waals surface area contributed by atoms with Gasteiger partial charge >= 0.3 is 0 Å². The highest BCUT2D eigenvalue weighted by Crippen LogP contribution is 2.47. The molecule has 0 spiro atoms. The molecule has 10 heterocycles. The molecule has 29 aromatic rings. The first-order chi connectivity index (χ1) is 69.5. The second-order valence-electron chi connectivity index (χ2n) is 35.4. The van der Waals surface area contributed by atoms with Crippen LogP contribution in [0, 0.1) is 0 Å². The van der Waals surface area contributed by atoms with Crippen molar-refractivity contribution in [1.82, 2.24) is 62.3 Å². The van der Waals surface area contributed by atoms with Crippen LogP contribution < -0.4 is 0 Å². The van der Waals surface area contributed by atoms with E-state index < -0.39 is 0 Å². The first-order valence-corrected chi connectivity index (χ1v) is 47.2. The summed E-state index contributed by atoms with van der Waals surface area (Å²) >= 11 is 0. The van der Waals surface area contributed by atoms with Crippen molar-refractivity contribution in [1.29, 1.82) is 0 Å². The van der Waals surface area contributed by atoms with Gasteiger partial charge in [0.05, 0.1) is 88.6 Å². The van der Waals surface area contributed by atoms with Gasteiger partial charge in [0, 0.05) is 144 Å². The number of para-hydroxylation sites is 11. The molecule has 140 heavy (non-hydrogen) atoms. The Morgan fingerprint density at radius 2 is 0.436 bits per heavy atom. The molecule has 0 saturated heterocycles. The van der Waals surface area contributed by atoms with E-state index in [-0.39, 0.29) is 0 Å². The van der Waals surface area contributed by atoms with E-state index in [0.29, 0.717) is 17.5 Å². The van der Waals surface area contributed by atoms with Gasteiger partial charge in [-0.05, 0) is 187 Å². The van der Waals surface area contributed by atoms with Crippen LogP contribution in [0.15, 0.2) is 492 Å². The number of benzene rings is 19. The summed E-state index contributed by atoms with van der Waals surface area (Å²) in [5.41, 5.74) is 32.3. The minimum absolute atomic E-state index is 0.633. The summed E-state index contributed by atoms with van der Waals surface area (Å²) in [5, 5.41) is 16.0. The number of rotatable bonds is 12. The summed E-state index contributed by atoms with van der Waals surface area (Å²) in [4.78, 5) is 34.2. The molecule has 19 aromatic carbocycles. The van der Waals surface area contributed by atoms with Crippen LogP contribution in [-0.2, 0) is 0 Å². The molecule has 29 rings (SSSR count). The van der Waals surface area contributed by atoms with Crippen molar-refractivity contribution in [2.24, 2.45) is 0 Å². The third kappa shape index (κ3) is 13.5. The standard InChI is InChI=1S/C45H29N5.C44H28N4.C38H24N4/c1-4-15-30(16-5-1)43-46-44(31-17-6-2-7-18-31)48-45(47-43)32-19-14-22-34(29-32)50-38-26-13-11-24-36(38)42-40(50)28-27-39-41(42)35-23-10-12-25-37(35)49(39)33-20-8-3-9-21-33;1-3-14-29(15-4-1)43-44(46-38-23-10-9-22-37(38)45-43)30-16-13-19-32(26-30)48-40-25-12-8-21-34(40)36-27-35-33-20-7-11-24-39(33)47(41(35)28-42(36)48)31-17-5-2-6-18-31;1-2-11-26(12-3-1)41-34-17-6-4-14-29(34)32-23-33-30-15-5-7-18-35(30)42(37(33)24-36(32)41)27-13-8-10-25(22-27)28-19-21-40-38-31(28)16-9-20-39-38/h1-29H;1-28H;1-24H. The zero-order valence-corrected chi connectivity index (χ0v) is 75.6. The van der Waals surface area contributed by atoms with Crippen molar-refractivity contribution in [2.45, 2.75) is 0 Å². The molecule has 13 heteroatoms. The Morgan fingerprint density at radius 3 is 0.864 bits per heavy atom. The lowest BCUT2D eigenvalue weighted by atomic mass is 10.0. The maximum absolute atomic E-state index is 5.20. The van der Waals surface area contributed by atoms with E-state index in [1.54, 1.807) is 6.20 Å². The molecule has 654 valence electrons. The van der Waals surface area contributed by atoms with Gasteiger partial charge < -0.3 is 27.4 Å². The summed E-state index contributed by atoms with van der Waals surface area (Å²) in [6.07, 6.45) is 3.64. The van der Waals surface area contributed by atoms with Gasteiger partial charge in [0.15, 0.2) is 23.1 Å². The smallest absolute Gasteiger partial charge is 0.164 e. The van der Waals surface area contributed by atoms with Crippen molar-refractivity contribution in [2.75, 3.05) is 0 Å².